The lowest BCUT2D eigenvalue weighted by atomic mass is 9.99. The summed E-state index contributed by atoms with van der Waals surface area (Å²) in [5.74, 6) is -0.764. The fraction of sp³-hybridized carbons (Fsp3) is 0.464. The van der Waals surface area contributed by atoms with Crippen LogP contribution in [-0.2, 0) is 23.7 Å². The molecule has 0 aliphatic carbocycles. The summed E-state index contributed by atoms with van der Waals surface area (Å²) in [6.07, 6.45) is -7.89. The van der Waals surface area contributed by atoms with Gasteiger partial charge in [-0.2, -0.15) is 0 Å². The monoisotopic (exact) mass is 560 g/mol. The van der Waals surface area contributed by atoms with E-state index in [-0.39, 0.29) is 13.1 Å². The smallest absolute Gasteiger partial charge is 0.303 e. The van der Waals surface area contributed by atoms with Gasteiger partial charge in [0.05, 0.1) is 26.3 Å². The van der Waals surface area contributed by atoms with Crippen LogP contribution >= 0.6 is 0 Å². The van der Waals surface area contributed by atoms with Gasteiger partial charge >= 0.3 is 5.97 Å². The van der Waals surface area contributed by atoms with E-state index < -0.39 is 68.4 Å². The van der Waals surface area contributed by atoms with Crippen LogP contribution in [0.25, 0.3) is 0 Å². The van der Waals surface area contributed by atoms with Crippen molar-refractivity contribution in [3.63, 3.8) is 0 Å². The molecule has 8 atom stereocenters. The van der Waals surface area contributed by atoms with Gasteiger partial charge in [-0.25, -0.2) is 0 Å². The predicted octanol–water partition coefficient (Wildman–Crippen LogP) is -0.324. The van der Waals surface area contributed by atoms with Crippen molar-refractivity contribution in [2.45, 2.75) is 56.1 Å². The van der Waals surface area contributed by atoms with Crippen molar-refractivity contribution in [2.24, 2.45) is 9.98 Å². The number of aliphatic imine (C=N–C) groups is 2. The normalized spacial score (nSPS) is 25.6. The maximum Gasteiger partial charge on any atom is 0.303 e. The van der Waals surface area contributed by atoms with E-state index >= 15 is 0 Å². The average molecular weight is 561 g/mol. The number of hydrogen-bond acceptors (Lipinski definition) is 12. The fourth-order valence-corrected chi connectivity index (χ4v) is 4.00. The standard InChI is InChI=1S/C28H36N2O10/c1-18(33)37-27-25(35)23(17-32)40-28(26(27)36)39-21(14-29-12-19-8-4-2-5-9-19)22(16-31)38-24(34)15-30-13-20-10-6-3-7-11-20/h2-13,21-28,31-32,34-36H,14-17H2,1H3/t21-,22+,23+,24-,25+,26+,27-,28+/m1/s1. The van der Waals surface area contributed by atoms with Gasteiger partial charge in [-0.15, -0.1) is 0 Å². The Balaban J connectivity index is 1.75. The van der Waals surface area contributed by atoms with E-state index in [1.54, 1.807) is 12.4 Å². The van der Waals surface area contributed by atoms with E-state index in [0.29, 0.717) is 0 Å². The summed E-state index contributed by atoms with van der Waals surface area (Å²) < 4.78 is 22.1. The highest BCUT2D eigenvalue weighted by atomic mass is 16.7. The molecule has 0 amide bonds. The number of carbonyl (C=O) groups excluding carboxylic acids is 1. The Morgan fingerprint density at radius 1 is 0.925 bits per heavy atom. The van der Waals surface area contributed by atoms with E-state index in [0.717, 1.165) is 18.1 Å². The number of esters is 1. The Morgan fingerprint density at radius 2 is 1.50 bits per heavy atom. The number of carbonyl (C=O) groups is 1. The van der Waals surface area contributed by atoms with Gasteiger partial charge in [0.25, 0.3) is 0 Å². The molecule has 40 heavy (non-hydrogen) atoms. The van der Waals surface area contributed by atoms with Crippen LogP contribution in [0.4, 0.5) is 0 Å². The van der Waals surface area contributed by atoms with Gasteiger partial charge in [0.1, 0.15) is 30.5 Å². The number of aliphatic hydroxyl groups excluding tert-OH is 5. The van der Waals surface area contributed by atoms with Crippen LogP contribution in [0.5, 0.6) is 0 Å². The van der Waals surface area contributed by atoms with Crippen molar-refractivity contribution in [3.05, 3.63) is 71.8 Å². The summed E-state index contributed by atoms with van der Waals surface area (Å²) in [5, 5.41) is 51.4. The number of benzene rings is 2. The van der Waals surface area contributed by atoms with E-state index in [2.05, 4.69) is 9.98 Å². The lowest BCUT2D eigenvalue weighted by molar-refractivity contribution is -0.322. The Bertz CT molecular complexity index is 1070. The van der Waals surface area contributed by atoms with Crippen LogP contribution in [-0.4, -0.2) is 119 Å². The number of hydrogen-bond donors (Lipinski definition) is 5. The third-order valence-corrected chi connectivity index (χ3v) is 5.99. The van der Waals surface area contributed by atoms with Crippen LogP contribution in [0.1, 0.15) is 18.1 Å². The van der Waals surface area contributed by atoms with Crippen molar-refractivity contribution >= 4 is 18.4 Å². The third kappa shape index (κ3) is 9.54. The first-order valence-electron chi connectivity index (χ1n) is 12.8. The van der Waals surface area contributed by atoms with Crippen LogP contribution < -0.4 is 0 Å². The lowest BCUT2D eigenvalue weighted by Crippen LogP contribution is -2.61. The molecule has 12 nitrogen and oxygen atoms in total. The van der Waals surface area contributed by atoms with Crippen LogP contribution in [0.2, 0.25) is 0 Å². The zero-order valence-electron chi connectivity index (χ0n) is 22.0. The molecule has 0 spiro atoms. The number of ether oxygens (including phenoxy) is 4. The molecule has 5 N–H and O–H groups in total. The van der Waals surface area contributed by atoms with Crippen LogP contribution in [0.3, 0.4) is 0 Å². The molecule has 0 unspecified atom stereocenters. The second kappa shape index (κ2) is 16.3. The molecule has 2 aromatic carbocycles. The summed E-state index contributed by atoms with van der Waals surface area (Å²) in [6, 6.07) is 18.4. The van der Waals surface area contributed by atoms with Crippen molar-refractivity contribution in [1.29, 1.82) is 0 Å². The van der Waals surface area contributed by atoms with Gasteiger partial charge in [-0.3, -0.25) is 14.8 Å². The zero-order chi connectivity index (χ0) is 28.9. The van der Waals surface area contributed by atoms with Crippen LogP contribution in [0.15, 0.2) is 70.6 Å². The molecule has 1 heterocycles. The summed E-state index contributed by atoms with van der Waals surface area (Å²) >= 11 is 0. The first-order chi connectivity index (χ1) is 19.3. The Hall–Kier alpha value is -3.07. The SMILES string of the molecule is CC(=O)O[C@H]1[C@H](O)[C@@H](O[C@H](CN=Cc2ccccc2)[C@H](CO)O[C@@H](O)CN=Cc2ccccc2)O[C@@H](CO)[C@@H]1O. The molecule has 1 fully saturated rings. The first kappa shape index (κ1) is 31.5. The number of nitrogens with zero attached hydrogens (tertiary/aromatic N) is 2. The Labute approximate surface area is 232 Å². The highest BCUT2D eigenvalue weighted by Crippen LogP contribution is 2.26. The Morgan fingerprint density at radius 3 is 2.02 bits per heavy atom. The summed E-state index contributed by atoms with van der Waals surface area (Å²) in [5.41, 5.74) is 1.63. The molecule has 1 saturated heterocycles. The molecular weight excluding hydrogens is 524 g/mol. The highest BCUT2D eigenvalue weighted by molar-refractivity contribution is 5.79. The molecule has 0 radical (unpaired) electrons. The molecule has 0 bridgehead atoms. The van der Waals surface area contributed by atoms with Gasteiger partial charge in [0, 0.05) is 19.4 Å². The second-order valence-electron chi connectivity index (χ2n) is 9.08. The molecule has 1 aliphatic rings. The molecular formula is C28H36N2O10. The van der Waals surface area contributed by atoms with Crippen molar-refractivity contribution in [3.8, 4) is 0 Å². The largest absolute Gasteiger partial charge is 0.457 e. The molecule has 218 valence electrons. The minimum absolute atomic E-state index is 0.0999. The predicted molar refractivity (Wildman–Crippen MR) is 144 cm³/mol. The van der Waals surface area contributed by atoms with Crippen molar-refractivity contribution in [2.75, 3.05) is 26.3 Å². The average Bonchev–Trinajstić information content (AvgIpc) is 2.95. The highest BCUT2D eigenvalue weighted by Gasteiger charge is 2.48. The summed E-state index contributed by atoms with van der Waals surface area (Å²) in [7, 11) is 0. The topological polar surface area (TPSA) is 180 Å². The number of aliphatic hydroxyl groups is 5. The second-order valence-corrected chi connectivity index (χ2v) is 9.08. The quantitative estimate of drug-likeness (QED) is 0.117. The third-order valence-electron chi connectivity index (χ3n) is 5.99. The lowest BCUT2D eigenvalue weighted by Gasteiger charge is -2.42. The van der Waals surface area contributed by atoms with Gasteiger partial charge in [-0.1, -0.05) is 60.7 Å². The molecule has 2 aromatic rings. The maximum atomic E-state index is 11.6. The molecule has 0 saturated carbocycles. The van der Waals surface area contributed by atoms with Gasteiger partial charge in [0.2, 0.25) is 0 Å². The summed E-state index contributed by atoms with van der Waals surface area (Å²) in [6.45, 7) is -0.386. The van der Waals surface area contributed by atoms with E-state index in [1.165, 1.54) is 0 Å². The van der Waals surface area contributed by atoms with Gasteiger partial charge in [0.15, 0.2) is 18.7 Å². The van der Waals surface area contributed by atoms with Gasteiger partial charge < -0.3 is 44.5 Å². The van der Waals surface area contributed by atoms with E-state index in [1.807, 2.05) is 60.7 Å². The molecule has 1 aliphatic heterocycles. The molecule has 0 aromatic heterocycles. The molecule has 12 heteroatoms. The maximum absolute atomic E-state index is 11.6. The zero-order valence-corrected chi connectivity index (χ0v) is 22.0. The first-order valence-corrected chi connectivity index (χ1v) is 12.8. The fourth-order valence-electron chi connectivity index (χ4n) is 4.00. The minimum atomic E-state index is -1.65. The summed E-state index contributed by atoms with van der Waals surface area (Å²) in [4.78, 5) is 20.1. The van der Waals surface area contributed by atoms with Crippen molar-refractivity contribution < 1.29 is 49.3 Å². The van der Waals surface area contributed by atoms with Gasteiger partial charge in [-0.05, 0) is 11.1 Å². The van der Waals surface area contributed by atoms with Crippen molar-refractivity contribution in [1.82, 2.24) is 0 Å². The van der Waals surface area contributed by atoms with E-state index in [4.69, 9.17) is 18.9 Å². The van der Waals surface area contributed by atoms with E-state index in [9.17, 15) is 30.3 Å². The minimum Gasteiger partial charge on any atom is -0.457 e. The van der Waals surface area contributed by atoms with Crippen LogP contribution in [0, 0.1) is 0 Å². The molecule has 3 rings (SSSR count). The Kier molecular flexibility index (Phi) is 12.8. The number of rotatable bonds is 14.